The lowest BCUT2D eigenvalue weighted by Gasteiger charge is -2.14. The lowest BCUT2D eigenvalue weighted by Crippen LogP contribution is -2.22. The van der Waals surface area contributed by atoms with Crippen LogP contribution in [0.3, 0.4) is 0 Å². The Morgan fingerprint density at radius 3 is 2.60 bits per heavy atom. The van der Waals surface area contributed by atoms with E-state index in [1.165, 1.54) is 6.07 Å². The maximum Gasteiger partial charge on any atom is 0.131 e. The molecule has 0 aromatic heterocycles. The standard InChI is InChI=1S/C16H16BrClFN/c1-10(2)20-9-11-3-5-13(18)8-14(11)15-7-12(17)4-6-16(15)19/h3-8,10,20H,9H2,1-2H3. The molecule has 1 nitrogen and oxygen atoms in total. The molecule has 2 aromatic rings. The van der Waals surface area contributed by atoms with E-state index in [1.807, 2.05) is 18.2 Å². The fraction of sp³-hybridized carbons (Fsp3) is 0.250. The molecule has 0 radical (unpaired) electrons. The van der Waals surface area contributed by atoms with Crippen LogP contribution < -0.4 is 5.32 Å². The minimum absolute atomic E-state index is 0.249. The van der Waals surface area contributed by atoms with E-state index in [0.717, 1.165) is 15.6 Å². The van der Waals surface area contributed by atoms with Crippen LogP contribution in [0.15, 0.2) is 40.9 Å². The average molecular weight is 357 g/mol. The molecule has 0 atom stereocenters. The Balaban J connectivity index is 2.48. The Morgan fingerprint density at radius 1 is 1.15 bits per heavy atom. The van der Waals surface area contributed by atoms with Crippen LogP contribution in [0.2, 0.25) is 5.02 Å². The van der Waals surface area contributed by atoms with E-state index in [1.54, 1.807) is 12.1 Å². The lowest BCUT2D eigenvalue weighted by atomic mass is 9.99. The highest BCUT2D eigenvalue weighted by Gasteiger charge is 2.11. The molecular formula is C16H16BrClFN. The molecule has 1 N–H and O–H groups in total. The van der Waals surface area contributed by atoms with Crippen molar-refractivity contribution in [3.05, 3.63) is 57.3 Å². The summed E-state index contributed by atoms with van der Waals surface area (Å²) in [5, 5.41) is 3.95. The molecule has 2 aromatic carbocycles. The molecular weight excluding hydrogens is 341 g/mol. The molecule has 0 aliphatic heterocycles. The summed E-state index contributed by atoms with van der Waals surface area (Å²) in [5.41, 5.74) is 2.41. The predicted octanol–water partition coefficient (Wildman–Crippen LogP) is 5.41. The third-order valence-corrected chi connectivity index (χ3v) is 3.72. The van der Waals surface area contributed by atoms with Crippen LogP contribution in [0.1, 0.15) is 19.4 Å². The van der Waals surface area contributed by atoms with E-state index >= 15 is 0 Å². The normalized spacial score (nSPS) is 11.1. The molecule has 0 unspecified atom stereocenters. The predicted molar refractivity (Wildman–Crippen MR) is 86.5 cm³/mol. The molecule has 4 heteroatoms. The summed E-state index contributed by atoms with van der Waals surface area (Å²) in [5.74, 6) is -0.249. The van der Waals surface area contributed by atoms with Crippen molar-refractivity contribution < 1.29 is 4.39 Å². The van der Waals surface area contributed by atoms with Crippen LogP contribution in [0.5, 0.6) is 0 Å². The Kier molecular flexibility index (Phi) is 5.19. The van der Waals surface area contributed by atoms with Crippen molar-refractivity contribution in [1.29, 1.82) is 0 Å². The van der Waals surface area contributed by atoms with Crippen molar-refractivity contribution in [2.45, 2.75) is 26.4 Å². The van der Waals surface area contributed by atoms with Crippen molar-refractivity contribution in [1.82, 2.24) is 5.32 Å². The van der Waals surface area contributed by atoms with E-state index in [2.05, 4.69) is 35.1 Å². The Labute approximate surface area is 132 Å². The third kappa shape index (κ3) is 3.81. The Bertz CT molecular complexity index is 613. The van der Waals surface area contributed by atoms with Gasteiger partial charge in [0.2, 0.25) is 0 Å². The molecule has 20 heavy (non-hydrogen) atoms. The Morgan fingerprint density at radius 2 is 1.90 bits per heavy atom. The molecule has 0 saturated carbocycles. The van der Waals surface area contributed by atoms with Gasteiger partial charge in [0, 0.05) is 27.6 Å². The highest BCUT2D eigenvalue weighted by Crippen LogP contribution is 2.31. The van der Waals surface area contributed by atoms with Crippen LogP contribution in [-0.4, -0.2) is 6.04 Å². The second-order valence-electron chi connectivity index (χ2n) is 4.96. The number of hydrogen-bond acceptors (Lipinski definition) is 1. The van der Waals surface area contributed by atoms with Crippen molar-refractivity contribution in [2.24, 2.45) is 0 Å². The first-order valence-electron chi connectivity index (χ1n) is 6.44. The summed E-state index contributed by atoms with van der Waals surface area (Å²) in [6.45, 7) is 4.83. The molecule has 0 aliphatic carbocycles. The molecule has 0 amide bonds. The van der Waals surface area contributed by atoms with Crippen LogP contribution in [-0.2, 0) is 6.54 Å². The van der Waals surface area contributed by atoms with Gasteiger partial charge in [0.15, 0.2) is 0 Å². The summed E-state index contributed by atoms with van der Waals surface area (Å²) in [4.78, 5) is 0. The summed E-state index contributed by atoms with van der Waals surface area (Å²) in [6.07, 6.45) is 0. The van der Waals surface area contributed by atoms with Gasteiger partial charge in [-0.1, -0.05) is 47.4 Å². The number of nitrogens with one attached hydrogen (secondary N) is 1. The second kappa shape index (κ2) is 6.70. The van der Waals surface area contributed by atoms with Gasteiger partial charge in [-0.25, -0.2) is 4.39 Å². The van der Waals surface area contributed by atoms with Gasteiger partial charge in [0.25, 0.3) is 0 Å². The number of halogens is 3. The summed E-state index contributed by atoms with van der Waals surface area (Å²) in [7, 11) is 0. The molecule has 2 rings (SSSR count). The van der Waals surface area contributed by atoms with Crippen molar-refractivity contribution >= 4 is 27.5 Å². The van der Waals surface area contributed by atoms with Gasteiger partial charge < -0.3 is 5.32 Å². The van der Waals surface area contributed by atoms with Gasteiger partial charge in [-0.3, -0.25) is 0 Å². The zero-order chi connectivity index (χ0) is 14.7. The maximum absolute atomic E-state index is 14.1. The fourth-order valence-electron chi connectivity index (χ4n) is 1.97. The van der Waals surface area contributed by atoms with Crippen LogP contribution in [0.25, 0.3) is 11.1 Å². The molecule has 0 heterocycles. The SMILES string of the molecule is CC(C)NCc1ccc(Cl)cc1-c1cc(Br)ccc1F. The van der Waals surface area contributed by atoms with Crippen molar-refractivity contribution in [2.75, 3.05) is 0 Å². The number of hydrogen-bond donors (Lipinski definition) is 1. The topological polar surface area (TPSA) is 12.0 Å². The van der Waals surface area contributed by atoms with Gasteiger partial charge in [-0.05, 0) is 41.5 Å². The number of benzene rings is 2. The number of rotatable bonds is 4. The van der Waals surface area contributed by atoms with Gasteiger partial charge in [-0.2, -0.15) is 0 Å². The minimum atomic E-state index is -0.249. The monoisotopic (exact) mass is 355 g/mol. The molecule has 0 spiro atoms. The summed E-state index contributed by atoms with van der Waals surface area (Å²) in [6, 6.07) is 10.9. The van der Waals surface area contributed by atoms with Crippen LogP contribution in [0.4, 0.5) is 4.39 Å². The lowest BCUT2D eigenvalue weighted by molar-refractivity contribution is 0.589. The van der Waals surface area contributed by atoms with Crippen LogP contribution >= 0.6 is 27.5 Å². The van der Waals surface area contributed by atoms with Crippen molar-refractivity contribution in [3.8, 4) is 11.1 Å². The molecule has 0 aliphatic rings. The van der Waals surface area contributed by atoms with E-state index in [4.69, 9.17) is 11.6 Å². The quantitative estimate of drug-likeness (QED) is 0.772. The Hall–Kier alpha value is -0.900. The smallest absolute Gasteiger partial charge is 0.131 e. The molecule has 0 bridgehead atoms. The summed E-state index contributed by atoms with van der Waals surface area (Å²) < 4.78 is 14.9. The average Bonchev–Trinajstić information content (AvgIpc) is 2.40. The van der Waals surface area contributed by atoms with Gasteiger partial charge in [0.1, 0.15) is 5.82 Å². The minimum Gasteiger partial charge on any atom is -0.310 e. The van der Waals surface area contributed by atoms with E-state index in [0.29, 0.717) is 23.2 Å². The van der Waals surface area contributed by atoms with E-state index in [9.17, 15) is 4.39 Å². The van der Waals surface area contributed by atoms with Gasteiger partial charge in [-0.15, -0.1) is 0 Å². The molecule has 0 saturated heterocycles. The first kappa shape index (κ1) is 15.5. The largest absolute Gasteiger partial charge is 0.310 e. The first-order valence-corrected chi connectivity index (χ1v) is 7.61. The van der Waals surface area contributed by atoms with Gasteiger partial charge in [0.05, 0.1) is 0 Å². The highest BCUT2D eigenvalue weighted by molar-refractivity contribution is 9.10. The second-order valence-corrected chi connectivity index (χ2v) is 6.31. The highest BCUT2D eigenvalue weighted by atomic mass is 79.9. The summed E-state index contributed by atoms with van der Waals surface area (Å²) >= 11 is 9.45. The molecule has 106 valence electrons. The van der Waals surface area contributed by atoms with E-state index < -0.39 is 0 Å². The van der Waals surface area contributed by atoms with E-state index in [-0.39, 0.29) is 5.82 Å². The van der Waals surface area contributed by atoms with Gasteiger partial charge >= 0.3 is 0 Å². The molecule has 0 fully saturated rings. The zero-order valence-electron chi connectivity index (χ0n) is 11.4. The first-order chi connectivity index (χ1) is 9.47. The fourth-order valence-corrected chi connectivity index (χ4v) is 2.50. The van der Waals surface area contributed by atoms with Crippen molar-refractivity contribution in [3.63, 3.8) is 0 Å². The zero-order valence-corrected chi connectivity index (χ0v) is 13.7. The van der Waals surface area contributed by atoms with Crippen LogP contribution in [0, 0.1) is 5.82 Å². The maximum atomic E-state index is 14.1. The third-order valence-electron chi connectivity index (χ3n) is 2.99.